The number of carbonyl (C=O) groups excluding carboxylic acids is 5. The van der Waals surface area contributed by atoms with Crippen LogP contribution in [0.4, 0.5) is 4.39 Å². The topological polar surface area (TPSA) is 156 Å². The van der Waals surface area contributed by atoms with Gasteiger partial charge in [0.15, 0.2) is 5.78 Å². The first-order valence-electron chi connectivity index (χ1n) is 10.3. The Labute approximate surface area is 188 Å². The Morgan fingerprint density at radius 2 is 2.03 bits per heavy atom. The smallest absolute Gasteiger partial charge is 0.308 e. The van der Waals surface area contributed by atoms with E-state index >= 15 is 0 Å². The summed E-state index contributed by atoms with van der Waals surface area (Å²) in [6, 6.07) is 5.14. The molecule has 1 aromatic carbocycles. The molecule has 3 atom stereocenters. The Morgan fingerprint density at radius 1 is 1.27 bits per heavy atom. The van der Waals surface area contributed by atoms with Gasteiger partial charge in [0.1, 0.15) is 11.7 Å². The molecule has 1 aromatic rings. The number of hydrogen-bond acceptors (Lipinski definition) is 7. The largest absolute Gasteiger partial charge is 0.436 e. The fraction of sp³-hybridized carbons (Fsp3) is 0.409. The summed E-state index contributed by atoms with van der Waals surface area (Å²) < 4.78 is 18.0. The zero-order chi connectivity index (χ0) is 24.1. The van der Waals surface area contributed by atoms with Crippen molar-refractivity contribution < 1.29 is 38.2 Å². The molecule has 4 N–H and O–H groups in total. The summed E-state index contributed by atoms with van der Waals surface area (Å²) in [6.45, 7) is -0.405. The van der Waals surface area contributed by atoms with Crippen LogP contribution in [0.2, 0.25) is 0 Å². The van der Waals surface area contributed by atoms with Gasteiger partial charge in [0.2, 0.25) is 18.1 Å². The molecular weight excluding hydrogens is 437 g/mol. The molecule has 3 rings (SSSR count). The molecule has 2 heterocycles. The summed E-state index contributed by atoms with van der Waals surface area (Å²) in [5.74, 6) is -5.48. The zero-order valence-corrected chi connectivity index (χ0v) is 17.7. The third-order valence-corrected chi connectivity index (χ3v) is 5.49. The predicted molar refractivity (Wildman–Crippen MR) is 111 cm³/mol. The number of allylic oxidation sites excluding steroid dienone is 1. The van der Waals surface area contributed by atoms with Gasteiger partial charge in [0.25, 0.3) is 5.91 Å². The maximum atomic E-state index is 13.3. The molecule has 0 bridgehead atoms. The number of ketones is 1. The fourth-order valence-electron chi connectivity index (χ4n) is 3.76. The molecule has 1 saturated heterocycles. The number of aliphatic hydroxyl groups excluding tert-OH is 1. The van der Waals surface area contributed by atoms with Crippen LogP contribution >= 0.6 is 0 Å². The number of amides is 3. The molecule has 2 aliphatic heterocycles. The molecular formula is C22H24FN3O7. The molecule has 176 valence electrons. The number of nitrogens with two attached hydrogens (primary N) is 1. The summed E-state index contributed by atoms with van der Waals surface area (Å²) in [5.41, 5.74) is 6.03. The van der Waals surface area contributed by atoms with Crippen molar-refractivity contribution in [2.24, 2.45) is 17.6 Å². The van der Waals surface area contributed by atoms with E-state index in [9.17, 15) is 33.5 Å². The highest BCUT2D eigenvalue weighted by molar-refractivity contribution is 6.01. The monoisotopic (exact) mass is 461 g/mol. The first-order valence-corrected chi connectivity index (χ1v) is 10.3. The van der Waals surface area contributed by atoms with Gasteiger partial charge >= 0.3 is 5.97 Å². The molecule has 33 heavy (non-hydrogen) atoms. The first kappa shape index (κ1) is 24.1. The number of halogens is 1. The summed E-state index contributed by atoms with van der Waals surface area (Å²) in [5, 5.41) is 12.3. The lowest BCUT2D eigenvalue weighted by atomic mass is 9.99. The van der Waals surface area contributed by atoms with Gasteiger partial charge in [-0.15, -0.1) is 0 Å². The number of esters is 1. The van der Waals surface area contributed by atoms with E-state index in [4.69, 9.17) is 5.73 Å². The number of hydrogen-bond donors (Lipinski definition) is 3. The van der Waals surface area contributed by atoms with Crippen LogP contribution in [0.3, 0.4) is 0 Å². The maximum Gasteiger partial charge on any atom is 0.308 e. The van der Waals surface area contributed by atoms with Gasteiger partial charge in [-0.05, 0) is 30.2 Å². The van der Waals surface area contributed by atoms with E-state index in [-0.39, 0.29) is 44.5 Å². The third kappa shape index (κ3) is 6.22. The Morgan fingerprint density at radius 3 is 2.67 bits per heavy atom. The molecule has 2 aliphatic rings. The first-order chi connectivity index (χ1) is 15.6. The van der Waals surface area contributed by atoms with Crippen molar-refractivity contribution in [3.8, 4) is 0 Å². The Balaban J connectivity index is 1.66. The average molecular weight is 461 g/mol. The van der Waals surface area contributed by atoms with Gasteiger partial charge in [0, 0.05) is 31.0 Å². The second-order valence-corrected chi connectivity index (χ2v) is 8.03. The zero-order valence-electron chi connectivity index (χ0n) is 17.7. The number of carbonyl (C=O) groups is 5. The molecule has 3 unspecified atom stereocenters. The highest BCUT2D eigenvalue weighted by Crippen LogP contribution is 2.24. The van der Waals surface area contributed by atoms with Crippen LogP contribution in [-0.4, -0.2) is 65.4 Å². The van der Waals surface area contributed by atoms with E-state index in [2.05, 4.69) is 10.1 Å². The molecule has 11 heteroatoms. The van der Waals surface area contributed by atoms with Gasteiger partial charge in [-0.1, -0.05) is 12.1 Å². The standard InChI is InChI=1S/C22H24FN3O7/c23-15-3-1-2-13(6-15)20(30)25-9-12-4-5-17(19(24)29)21(31)26(10-12)11-16(27)7-14-8-18(28)33-22(14)32/h1-4,6,14,17,22,32H,5,7-11H2,(H2,24,29)(H,25,30). The van der Waals surface area contributed by atoms with Gasteiger partial charge in [-0.3, -0.25) is 24.0 Å². The van der Waals surface area contributed by atoms with Crippen LogP contribution in [0, 0.1) is 17.7 Å². The lowest BCUT2D eigenvalue weighted by Gasteiger charge is -2.24. The number of Topliss-reactive ketones (excluding diaryl/α,β-unsaturated/α-hetero) is 1. The van der Waals surface area contributed by atoms with Crippen molar-refractivity contribution in [3.05, 3.63) is 47.3 Å². The predicted octanol–water partition coefficient (Wildman–Crippen LogP) is -0.344. The van der Waals surface area contributed by atoms with Gasteiger partial charge in [-0.25, -0.2) is 4.39 Å². The van der Waals surface area contributed by atoms with E-state index < -0.39 is 53.4 Å². The van der Waals surface area contributed by atoms with Crippen LogP contribution in [0.15, 0.2) is 35.9 Å². The Kier molecular flexibility index (Phi) is 7.54. The molecule has 0 aromatic heterocycles. The molecule has 1 fully saturated rings. The third-order valence-electron chi connectivity index (χ3n) is 5.49. The van der Waals surface area contributed by atoms with Crippen molar-refractivity contribution in [3.63, 3.8) is 0 Å². The summed E-state index contributed by atoms with van der Waals surface area (Å²) in [6.07, 6.45) is -0.0620. The van der Waals surface area contributed by atoms with Crippen molar-refractivity contribution in [1.82, 2.24) is 10.2 Å². The average Bonchev–Trinajstić information content (AvgIpc) is 2.97. The van der Waals surface area contributed by atoms with Crippen LogP contribution in [-0.2, 0) is 23.9 Å². The number of primary amides is 1. The number of aliphatic hydroxyl groups is 1. The summed E-state index contributed by atoms with van der Waals surface area (Å²) in [4.78, 5) is 61.8. The van der Waals surface area contributed by atoms with Gasteiger partial charge in [0.05, 0.1) is 13.0 Å². The molecule has 0 spiro atoms. The molecule has 0 aliphatic carbocycles. The Hall–Kier alpha value is -3.60. The van der Waals surface area contributed by atoms with Crippen LogP contribution in [0.1, 0.15) is 29.6 Å². The number of cyclic esters (lactones) is 1. The van der Waals surface area contributed by atoms with E-state index in [0.717, 1.165) is 11.0 Å². The lowest BCUT2D eigenvalue weighted by Crippen LogP contribution is -2.44. The second-order valence-electron chi connectivity index (χ2n) is 8.03. The minimum absolute atomic E-state index is 0.00246. The summed E-state index contributed by atoms with van der Waals surface area (Å²) in [7, 11) is 0. The number of benzene rings is 1. The van der Waals surface area contributed by atoms with Gasteiger partial charge in [-0.2, -0.15) is 0 Å². The summed E-state index contributed by atoms with van der Waals surface area (Å²) >= 11 is 0. The second kappa shape index (κ2) is 10.3. The van der Waals surface area contributed by atoms with Gasteiger partial charge < -0.3 is 25.8 Å². The minimum atomic E-state index is -1.38. The lowest BCUT2D eigenvalue weighted by molar-refractivity contribution is -0.156. The number of ether oxygens (including phenoxy) is 1. The molecule has 0 radical (unpaired) electrons. The van der Waals surface area contributed by atoms with E-state index in [1.165, 1.54) is 18.2 Å². The van der Waals surface area contributed by atoms with Crippen LogP contribution in [0.25, 0.3) is 0 Å². The molecule has 10 nitrogen and oxygen atoms in total. The normalized spacial score (nSPS) is 22.9. The quantitative estimate of drug-likeness (QED) is 0.272. The maximum absolute atomic E-state index is 13.3. The highest BCUT2D eigenvalue weighted by Gasteiger charge is 2.36. The van der Waals surface area contributed by atoms with Crippen molar-refractivity contribution in [2.75, 3.05) is 19.6 Å². The molecule has 3 amide bonds. The number of nitrogens with one attached hydrogen (secondary N) is 1. The van der Waals surface area contributed by atoms with Crippen molar-refractivity contribution in [2.45, 2.75) is 25.6 Å². The van der Waals surface area contributed by atoms with Crippen molar-refractivity contribution >= 4 is 29.5 Å². The number of rotatable bonds is 8. The van der Waals surface area contributed by atoms with Crippen LogP contribution < -0.4 is 11.1 Å². The SMILES string of the molecule is NC(=O)C1CC=C(CNC(=O)c2cccc(F)c2)CN(CC(=O)CC2CC(=O)OC2O)C1=O. The van der Waals surface area contributed by atoms with Crippen LogP contribution in [0.5, 0.6) is 0 Å². The van der Waals surface area contributed by atoms with E-state index in [1.54, 1.807) is 6.08 Å². The fourth-order valence-corrected chi connectivity index (χ4v) is 3.76. The van der Waals surface area contributed by atoms with Crippen molar-refractivity contribution in [1.29, 1.82) is 0 Å². The minimum Gasteiger partial charge on any atom is -0.436 e. The highest BCUT2D eigenvalue weighted by atomic mass is 19.1. The number of nitrogens with zero attached hydrogens (tertiary/aromatic N) is 1. The Bertz CT molecular complexity index is 1010. The molecule has 0 saturated carbocycles. The van der Waals surface area contributed by atoms with E-state index in [1.807, 2.05) is 0 Å². The van der Waals surface area contributed by atoms with E-state index in [0.29, 0.717) is 5.57 Å².